The molecule has 0 unspecified atom stereocenters. The highest BCUT2D eigenvalue weighted by Crippen LogP contribution is 2.24. The summed E-state index contributed by atoms with van der Waals surface area (Å²) < 4.78 is 5.97. The number of piperidine rings is 1. The Labute approximate surface area is 199 Å². The lowest BCUT2D eigenvalue weighted by Gasteiger charge is -2.30. The van der Waals surface area contributed by atoms with Crippen LogP contribution in [0, 0.1) is 5.92 Å². The molecule has 178 valence electrons. The van der Waals surface area contributed by atoms with E-state index >= 15 is 0 Å². The van der Waals surface area contributed by atoms with E-state index in [4.69, 9.17) is 4.74 Å². The van der Waals surface area contributed by atoms with Gasteiger partial charge in [-0.25, -0.2) is 0 Å². The first-order valence-corrected chi connectivity index (χ1v) is 12.5. The quantitative estimate of drug-likeness (QED) is 0.551. The van der Waals surface area contributed by atoms with Gasteiger partial charge in [-0.2, -0.15) is 0 Å². The maximum Gasteiger partial charge on any atom is 0.253 e. The van der Waals surface area contributed by atoms with Crippen LogP contribution in [-0.2, 0) is 0 Å². The lowest BCUT2D eigenvalue weighted by molar-refractivity contribution is 0.0697. The van der Waals surface area contributed by atoms with Crippen molar-refractivity contribution in [2.24, 2.45) is 5.92 Å². The van der Waals surface area contributed by atoms with Crippen LogP contribution >= 0.6 is 0 Å². The van der Waals surface area contributed by atoms with Crippen molar-refractivity contribution in [1.29, 1.82) is 0 Å². The van der Waals surface area contributed by atoms with E-state index < -0.39 is 0 Å². The van der Waals surface area contributed by atoms with Gasteiger partial charge in [0.25, 0.3) is 5.91 Å². The van der Waals surface area contributed by atoms with Crippen LogP contribution in [0.2, 0.25) is 0 Å². The Balaban J connectivity index is 1.23. The summed E-state index contributed by atoms with van der Waals surface area (Å²) >= 11 is 0. The minimum absolute atomic E-state index is 0.156. The number of hydrogen-bond acceptors (Lipinski definition) is 4. The van der Waals surface area contributed by atoms with Crippen molar-refractivity contribution in [2.45, 2.75) is 38.6 Å². The number of likely N-dealkylation sites (tertiary alicyclic amines) is 2. The highest BCUT2D eigenvalue weighted by molar-refractivity contribution is 5.94. The number of likely N-dealkylation sites (N-methyl/N-ethyl adjacent to an activating group) is 1. The Hall–Kier alpha value is -2.37. The molecule has 1 atom stereocenters. The lowest BCUT2D eigenvalue weighted by atomic mass is 9.98. The molecule has 0 spiro atoms. The predicted octanol–water partition coefficient (Wildman–Crippen LogP) is 4.63. The number of hydrogen-bond donors (Lipinski definition) is 0. The standard InChI is InChI=1S/C28H39N3O2/c1-22-13-18-31(19-14-22)28(32)25-7-5-23(6-8-25)24-9-11-27(12-10-24)33-20-4-16-30-17-15-26(21-30)29(2)3/h5-12,22,26H,4,13-21H2,1-3H3/t26-/m1/s1. The Bertz CT molecular complexity index is 886. The lowest BCUT2D eigenvalue weighted by Crippen LogP contribution is -2.37. The average Bonchev–Trinajstić information content (AvgIpc) is 3.32. The van der Waals surface area contributed by atoms with Gasteiger partial charge in [0, 0.05) is 37.8 Å². The van der Waals surface area contributed by atoms with E-state index in [0.717, 1.165) is 73.9 Å². The fourth-order valence-corrected chi connectivity index (χ4v) is 4.86. The molecule has 2 aromatic rings. The monoisotopic (exact) mass is 449 g/mol. The summed E-state index contributed by atoms with van der Waals surface area (Å²) in [6.07, 6.45) is 4.52. The zero-order chi connectivity index (χ0) is 23.2. The minimum atomic E-state index is 0.156. The molecule has 0 bridgehead atoms. The molecule has 0 aliphatic carbocycles. The molecule has 2 heterocycles. The maximum atomic E-state index is 12.8. The number of benzene rings is 2. The molecule has 1 amide bonds. The SMILES string of the molecule is CC1CCN(C(=O)c2ccc(-c3ccc(OCCCN4CC[C@@H](N(C)C)C4)cc3)cc2)CC1. The zero-order valence-electron chi connectivity index (χ0n) is 20.5. The molecule has 4 rings (SSSR count). The molecule has 5 heteroatoms. The fraction of sp³-hybridized carbons (Fsp3) is 0.536. The van der Waals surface area contributed by atoms with E-state index in [1.807, 2.05) is 41.3 Å². The van der Waals surface area contributed by atoms with Crippen LogP contribution in [0.5, 0.6) is 5.75 Å². The molecule has 2 aromatic carbocycles. The highest BCUT2D eigenvalue weighted by atomic mass is 16.5. The van der Waals surface area contributed by atoms with Crippen LogP contribution in [0.3, 0.4) is 0 Å². The third-order valence-corrected chi connectivity index (χ3v) is 7.26. The topological polar surface area (TPSA) is 36.0 Å². The number of ether oxygens (including phenoxy) is 1. The van der Waals surface area contributed by atoms with Crippen molar-refractivity contribution in [2.75, 3.05) is 53.4 Å². The summed E-state index contributed by atoms with van der Waals surface area (Å²) in [5, 5.41) is 0. The van der Waals surface area contributed by atoms with Crippen molar-refractivity contribution in [3.63, 3.8) is 0 Å². The second kappa shape index (κ2) is 11.2. The zero-order valence-corrected chi connectivity index (χ0v) is 20.5. The van der Waals surface area contributed by atoms with E-state index in [1.165, 1.54) is 19.5 Å². The van der Waals surface area contributed by atoms with Gasteiger partial charge < -0.3 is 19.4 Å². The molecule has 0 N–H and O–H groups in total. The van der Waals surface area contributed by atoms with Crippen LogP contribution in [-0.4, -0.2) is 80.1 Å². The smallest absolute Gasteiger partial charge is 0.253 e. The molecule has 33 heavy (non-hydrogen) atoms. The van der Waals surface area contributed by atoms with Crippen LogP contribution in [0.15, 0.2) is 48.5 Å². The van der Waals surface area contributed by atoms with E-state index in [2.05, 4.69) is 43.0 Å². The summed E-state index contributed by atoms with van der Waals surface area (Å²) in [6.45, 7) is 8.22. The molecule has 2 aliphatic rings. The first-order valence-electron chi connectivity index (χ1n) is 12.5. The molecule has 0 saturated carbocycles. The number of carbonyl (C=O) groups excluding carboxylic acids is 1. The molecule has 0 aromatic heterocycles. The normalized spacial score (nSPS) is 19.9. The Morgan fingerprint density at radius 3 is 2.18 bits per heavy atom. The van der Waals surface area contributed by atoms with E-state index in [1.54, 1.807) is 0 Å². The minimum Gasteiger partial charge on any atom is -0.494 e. The van der Waals surface area contributed by atoms with Crippen LogP contribution in [0.1, 0.15) is 43.0 Å². The average molecular weight is 450 g/mol. The molecular formula is C28H39N3O2. The third-order valence-electron chi connectivity index (χ3n) is 7.26. The Kier molecular flexibility index (Phi) is 8.05. The second-order valence-corrected chi connectivity index (χ2v) is 9.99. The first kappa shape index (κ1) is 23.8. The fourth-order valence-electron chi connectivity index (χ4n) is 4.86. The van der Waals surface area contributed by atoms with E-state index in [0.29, 0.717) is 6.04 Å². The Morgan fingerprint density at radius 2 is 1.58 bits per heavy atom. The molecular weight excluding hydrogens is 410 g/mol. The Morgan fingerprint density at radius 1 is 0.939 bits per heavy atom. The van der Waals surface area contributed by atoms with Crippen molar-refractivity contribution < 1.29 is 9.53 Å². The van der Waals surface area contributed by atoms with Crippen molar-refractivity contribution in [3.05, 3.63) is 54.1 Å². The second-order valence-electron chi connectivity index (χ2n) is 9.99. The summed E-state index contributed by atoms with van der Waals surface area (Å²) in [7, 11) is 4.34. The number of rotatable bonds is 8. The number of nitrogens with zero attached hydrogens (tertiary/aromatic N) is 3. The van der Waals surface area contributed by atoms with Crippen LogP contribution in [0.25, 0.3) is 11.1 Å². The van der Waals surface area contributed by atoms with Gasteiger partial charge in [0.2, 0.25) is 0 Å². The van der Waals surface area contributed by atoms with E-state index in [-0.39, 0.29) is 5.91 Å². The van der Waals surface area contributed by atoms with Gasteiger partial charge in [0.15, 0.2) is 0 Å². The first-order chi connectivity index (χ1) is 16.0. The predicted molar refractivity (Wildman–Crippen MR) is 135 cm³/mol. The van der Waals surface area contributed by atoms with Gasteiger partial charge >= 0.3 is 0 Å². The van der Waals surface area contributed by atoms with Crippen LogP contribution in [0.4, 0.5) is 0 Å². The van der Waals surface area contributed by atoms with Gasteiger partial charge in [-0.3, -0.25) is 4.79 Å². The third kappa shape index (κ3) is 6.36. The van der Waals surface area contributed by atoms with Gasteiger partial charge in [0.05, 0.1) is 6.61 Å². The highest BCUT2D eigenvalue weighted by Gasteiger charge is 2.23. The molecule has 0 radical (unpaired) electrons. The summed E-state index contributed by atoms with van der Waals surface area (Å²) in [6, 6.07) is 17.0. The van der Waals surface area contributed by atoms with Crippen molar-refractivity contribution >= 4 is 5.91 Å². The van der Waals surface area contributed by atoms with Gasteiger partial charge in [0.1, 0.15) is 5.75 Å². The summed E-state index contributed by atoms with van der Waals surface area (Å²) in [5.41, 5.74) is 3.04. The molecule has 2 aliphatic heterocycles. The summed E-state index contributed by atoms with van der Waals surface area (Å²) in [4.78, 5) is 19.6. The van der Waals surface area contributed by atoms with Crippen molar-refractivity contribution in [3.8, 4) is 16.9 Å². The molecule has 2 fully saturated rings. The van der Waals surface area contributed by atoms with Crippen LogP contribution < -0.4 is 4.74 Å². The number of amides is 1. The largest absolute Gasteiger partial charge is 0.494 e. The number of carbonyl (C=O) groups is 1. The van der Waals surface area contributed by atoms with E-state index in [9.17, 15) is 4.79 Å². The maximum absolute atomic E-state index is 12.8. The van der Waals surface area contributed by atoms with Crippen molar-refractivity contribution in [1.82, 2.24) is 14.7 Å². The van der Waals surface area contributed by atoms with Gasteiger partial charge in [-0.1, -0.05) is 31.2 Å². The van der Waals surface area contributed by atoms with Gasteiger partial charge in [-0.05, 0) is 87.6 Å². The summed E-state index contributed by atoms with van der Waals surface area (Å²) in [5.74, 6) is 1.80. The molecule has 5 nitrogen and oxygen atoms in total. The molecule has 2 saturated heterocycles. The van der Waals surface area contributed by atoms with Gasteiger partial charge in [-0.15, -0.1) is 0 Å².